The van der Waals surface area contributed by atoms with E-state index in [1.807, 2.05) is 0 Å². The Kier molecular flexibility index (Phi) is 8.63. The maximum atomic E-state index is 3.63. The highest BCUT2D eigenvalue weighted by molar-refractivity contribution is 5.19. The minimum Gasteiger partial charge on any atom is -0.313 e. The van der Waals surface area contributed by atoms with Gasteiger partial charge < -0.3 is 5.32 Å². The van der Waals surface area contributed by atoms with Gasteiger partial charge in [0.25, 0.3) is 0 Å². The van der Waals surface area contributed by atoms with Crippen LogP contribution in [0.2, 0.25) is 0 Å². The van der Waals surface area contributed by atoms with E-state index in [1.165, 1.54) is 31.4 Å². The molecule has 0 bridgehead atoms. The molecule has 1 aromatic carbocycles. The molecule has 0 amide bonds. The lowest BCUT2D eigenvalue weighted by molar-refractivity contribution is 0.145. The Labute approximate surface area is 131 Å². The molecule has 0 aliphatic heterocycles. The van der Waals surface area contributed by atoms with E-state index in [0.717, 1.165) is 6.54 Å². The van der Waals surface area contributed by atoms with Gasteiger partial charge in [0.2, 0.25) is 0 Å². The molecule has 1 aromatic rings. The van der Waals surface area contributed by atoms with Gasteiger partial charge in [0.15, 0.2) is 0 Å². The number of nitrogens with one attached hydrogen (secondary N) is 1. The van der Waals surface area contributed by atoms with Crippen LogP contribution in [-0.2, 0) is 0 Å². The summed E-state index contributed by atoms with van der Waals surface area (Å²) in [6.07, 6.45) is 3.90. The molecule has 2 nitrogen and oxygen atoms in total. The number of nitrogens with zero attached hydrogens (tertiary/aromatic N) is 1. The van der Waals surface area contributed by atoms with E-state index in [9.17, 15) is 0 Å². The third-order valence-electron chi connectivity index (χ3n) is 3.99. The molecule has 0 heterocycles. The number of rotatable bonds is 10. The van der Waals surface area contributed by atoms with Crippen LogP contribution in [-0.4, -0.2) is 30.1 Å². The predicted octanol–water partition coefficient (Wildman–Crippen LogP) is 4.63. The fourth-order valence-electron chi connectivity index (χ4n) is 2.77. The summed E-state index contributed by atoms with van der Waals surface area (Å²) in [4.78, 5) is 2.65. The normalized spacial score (nSPS) is 13.3. The van der Waals surface area contributed by atoms with Crippen molar-refractivity contribution >= 4 is 0 Å². The highest BCUT2D eigenvalue weighted by atomic mass is 15.2. The van der Waals surface area contributed by atoms with Gasteiger partial charge in [-0.15, -0.1) is 0 Å². The van der Waals surface area contributed by atoms with E-state index in [-0.39, 0.29) is 0 Å². The maximum absolute atomic E-state index is 3.63. The first kappa shape index (κ1) is 18.2. The molecule has 1 rings (SSSR count). The molecule has 1 atom stereocenters. The summed E-state index contributed by atoms with van der Waals surface area (Å²) in [5.74, 6) is 0. The van der Waals surface area contributed by atoms with Crippen LogP contribution in [0.15, 0.2) is 30.3 Å². The number of hydrogen-bond donors (Lipinski definition) is 1. The number of unbranched alkanes of at least 4 members (excludes halogenated alkanes) is 2. The van der Waals surface area contributed by atoms with Gasteiger partial charge in [-0.25, -0.2) is 0 Å². The first-order chi connectivity index (χ1) is 10.1. The van der Waals surface area contributed by atoms with E-state index in [0.29, 0.717) is 18.1 Å². The van der Waals surface area contributed by atoms with Gasteiger partial charge >= 0.3 is 0 Å². The lowest BCUT2D eigenvalue weighted by atomic mass is 10.0. The topological polar surface area (TPSA) is 15.3 Å². The highest BCUT2D eigenvalue weighted by Gasteiger charge is 2.22. The van der Waals surface area contributed by atoms with Crippen LogP contribution >= 0.6 is 0 Å². The average Bonchev–Trinajstić information content (AvgIpc) is 2.46. The molecule has 1 unspecified atom stereocenters. The Balaban J connectivity index is 2.84. The van der Waals surface area contributed by atoms with Gasteiger partial charge in [-0.3, -0.25) is 4.90 Å². The summed E-state index contributed by atoms with van der Waals surface area (Å²) in [6, 6.07) is 12.5. The molecule has 0 saturated heterocycles. The molecule has 120 valence electrons. The second kappa shape index (κ2) is 9.97. The van der Waals surface area contributed by atoms with Crippen LogP contribution in [0.4, 0.5) is 0 Å². The molecular weight excluding hydrogens is 256 g/mol. The molecule has 1 N–H and O–H groups in total. The zero-order valence-electron chi connectivity index (χ0n) is 14.6. The molecule has 0 radical (unpaired) electrons. The summed E-state index contributed by atoms with van der Waals surface area (Å²) in [7, 11) is 0. The monoisotopic (exact) mass is 290 g/mol. The van der Waals surface area contributed by atoms with Crippen molar-refractivity contribution in [1.29, 1.82) is 0 Å². The van der Waals surface area contributed by atoms with E-state index < -0.39 is 0 Å². The van der Waals surface area contributed by atoms with Gasteiger partial charge in [0.05, 0.1) is 0 Å². The van der Waals surface area contributed by atoms with Gasteiger partial charge in [0, 0.05) is 24.7 Å². The van der Waals surface area contributed by atoms with Crippen molar-refractivity contribution in [2.24, 2.45) is 0 Å². The van der Waals surface area contributed by atoms with Gasteiger partial charge in [-0.05, 0) is 32.4 Å². The minimum absolute atomic E-state index is 0.463. The Morgan fingerprint density at radius 3 is 2.19 bits per heavy atom. The molecule has 0 aromatic heterocycles. The minimum atomic E-state index is 0.463. The molecule has 21 heavy (non-hydrogen) atoms. The summed E-state index contributed by atoms with van der Waals surface area (Å²) in [5, 5.41) is 3.63. The van der Waals surface area contributed by atoms with Crippen LogP contribution < -0.4 is 5.32 Å². The Morgan fingerprint density at radius 1 is 1.00 bits per heavy atom. The summed E-state index contributed by atoms with van der Waals surface area (Å²) in [6.45, 7) is 13.6. The van der Waals surface area contributed by atoms with E-state index in [1.54, 1.807) is 0 Å². The third-order valence-corrected chi connectivity index (χ3v) is 3.99. The zero-order valence-corrected chi connectivity index (χ0v) is 14.6. The SMILES string of the molecule is CCCCCN(C(C)C)C(CNC(C)C)c1ccccc1. The Hall–Kier alpha value is -0.860. The second-order valence-corrected chi connectivity index (χ2v) is 6.53. The molecule has 0 fully saturated rings. The van der Waals surface area contributed by atoms with E-state index >= 15 is 0 Å². The van der Waals surface area contributed by atoms with Crippen LogP contribution in [0.25, 0.3) is 0 Å². The molecule has 0 aliphatic rings. The molecule has 0 aliphatic carbocycles. The standard InChI is InChI=1S/C19H34N2/c1-6-7-11-14-21(17(4)5)19(15-20-16(2)3)18-12-9-8-10-13-18/h8-10,12-13,16-17,19-20H,6-7,11,14-15H2,1-5H3. The largest absolute Gasteiger partial charge is 0.313 e. The first-order valence-electron chi connectivity index (χ1n) is 8.60. The average molecular weight is 290 g/mol. The van der Waals surface area contributed by atoms with Crippen molar-refractivity contribution in [1.82, 2.24) is 10.2 Å². The quantitative estimate of drug-likeness (QED) is 0.632. The number of hydrogen-bond acceptors (Lipinski definition) is 2. The predicted molar refractivity (Wildman–Crippen MR) is 93.7 cm³/mol. The van der Waals surface area contributed by atoms with Crippen molar-refractivity contribution in [2.75, 3.05) is 13.1 Å². The number of benzene rings is 1. The second-order valence-electron chi connectivity index (χ2n) is 6.53. The van der Waals surface area contributed by atoms with Crippen LogP contribution in [0.5, 0.6) is 0 Å². The maximum Gasteiger partial charge on any atom is 0.0475 e. The first-order valence-corrected chi connectivity index (χ1v) is 8.60. The molecule has 0 saturated carbocycles. The lowest BCUT2D eigenvalue weighted by Crippen LogP contribution is -2.42. The van der Waals surface area contributed by atoms with Gasteiger partial charge in [-0.2, -0.15) is 0 Å². The summed E-state index contributed by atoms with van der Waals surface area (Å²) >= 11 is 0. The Bertz CT molecular complexity index is 359. The Morgan fingerprint density at radius 2 is 1.67 bits per heavy atom. The fraction of sp³-hybridized carbons (Fsp3) is 0.684. The van der Waals surface area contributed by atoms with Crippen LogP contribution in [0.1, 0.15) is 65.5 Å². The zero-order chi connectivity index (χ0) is 15.7. The summed E-state index contributed by atoms with van der Waals surface area (Å²) < 4.78 is 0. The van der Waals surface area contributed by atoms with E-state index in [2.05, 4.69) is 75.2 Å². The lowest BCUT2D eigenvalue weighted by Gasteiger charge is -2.36. The van der Waals surface area contributed by atoms with Crippen molar-refractivity contribution in [3.63, 3.8) is 0 Å². The van der Waals surface area contributed by atoms with Crippen molar-refractivity contribution in [2.45, 2.75) is 72.0 Å². The van der Waals surface area contributed by atoms with Gasteiger partial charge in [-0.1, -0.05) is 63.9 Å². The van der Waals surface area contributed by atoms with Crippen molar-refractivity contribution < 1.29 is 0 Å². The third kappa shape index (κ3) is 6.62. The van der Waals surface area contributed by atoms with E-state index in [4.69, 9.17) is 0 Å². The molecule has 2 heteroatoms. The van der Waals surface area contributed by atoms with Crippen LogP contribution in [0, 0.1) is 0 Å². The molecule has 0 spiro atoms. The van der Waals surface area contributed by atoms with Gasteiger partial charge in [0.1, 0.15) is 0 Å². The summed E-state index contributed by atoms with van der Waals surface area (Å²) in [5.41, 5.74) is 1.43. The van der Waals surface area contributed by atoms with Crippen molar-refractivity contribution in [3.05, 3.63) is 35.9 Å². The fourth-order valence-corrected chi connectivity index (χ4v) is 2.77. The highest BCUT2D eigenvalue weighted by Crippen LogP contribution is 2.23. The van der Waals surface area contributed by atoms with Crippen molar-refractivity contribution in [3.8, 4) is 0 Å². The molecular formula is C19H34N2. The van der Waals surface area contributed by atoms with Crippen LogP contribution in [0.3, 0.4) is 0 Å². The smallest absolute Gasteiger partial charge is 0.0475 e.